The van der Waals surface area contributed by atoms with Crippen LogP contribution in [0.25, 0.3) is 0 Å². The van der Waals surface area contributed by atoms with Gasteiger partial charge in [-0.2, -0.15) is 0 Å². The van der Waals surface area contributed by atoms with Crippen LogP contribution in [-0.2, 0) is 23.4 Å². The van der Waals surface area contributed by atoms with Crippen molar-refractivity contribution in [2.24, 2.45) is 0 Å². The molecule has 2 heterocycles. The van der Waals surface area contributed by atoms with Crippen molar-refractivity contribution in [2.45, 2.75) is 70.6 Å². The van der Waals surface area contributed by atoms with Gasteiger partial charge in [0.2, 0.25) is 0 Å². The Kier molecular flexibility index (Phi) is 7.75. The maximum Gasteiger partial charge on any atom is 0.303 e. The number of hydrogen-bond donors (Lipinski definition) is 1. The normalized spacial score (nSPS) is 17.5. The van der Waals surface area contributed by atoms with E-state index in [9.17, 15) is 4.79 Å². The second-order valence-electron chi connectivity index (χ2n) is 11.5. The van der Waals surface area contributed by atoms with Crippen molar-refractivity contribution < 1.29 is 14.6 Å². The Morgan fingerprint density at radius 3 is 2.24 bits per heavy atom. The molecule has 1 spiro atoms. The number of hydrogen-bond acceptors (Lipinski definition) is 4. The Hall–Kier alpha value is -3.31. The van der Waals surface area contributed by atoms with Crippen molar-refractivity contribution in [1.29, 1.82) is 0 Å². The fourth-order valence-electron chi connectivity index (χ4n) is 6.13. The molecule has 5 heteroatoms. The van der Waals surface area contributed by atoms with Crippen LogP contribution in [0.2, 0.25) is 0 Å². The predicted octanol–water partition coefficient (Wildman–Crippen LogP) is 6.61. The van der Waals surface area contributed by atoms with Crippen molar-refractivity contribution in [3.63, 3.8) is 0 Å². The van der Waals surface area contributed by atoms with Crippen molar-refractivity contribution in [1.82, 2.24) is 4.90 Å². The van der Waals surface area contributed by atoms with Crippen LogP contribution in [0.15, 0.2) is 72.8 Å². The van der Waals surface area contributed by atoms with Gasteiger partial charge in [0, 0.05) is 30.2 Å². The van der Waals surface area contributed by atoms with Gasteiger partial charge in [-0.1, -0.05) is 61.5 Å². The van der Waals surface area contributed by atoms with Gasteiger partial charge in [-0.25, -0.2) is 0 Å². The molecule has 3 aromatic rings. The summed E-state index contributed by atoms with van der Waals surface area (Å²) in [5, 5.41) is 8.99. The van der Waals surface area contributed by atoms with E-state index in [0.29, 0.717) is 18.1 Å². The van der Waals surface area contributed by atoms with Crippen LogP contribution in [0.4, 0.5) is 5.69 Å². The summed E-state index contributed by atoms with van der Waals surface area (Å²) >= 11 is 0. The number of para-hydroxylation sites is 1. The lowest BCUT2D eigenvalue weighted by Gasteiger charge is -2.40. The van der Waals surface area contributed by atoms with Crippen molar-refractivity contribution in [3.8, 4) is 5.75 Å². The second kappa shape index (κ2) is 11.2. The first-order valence-electron chi connectivity index (χ1n) is 13.9. The van der Waals surface area contributed by atoms with Crippen LogP contribution in [-0.4, -0.2) is 41.7 Å². The van der Waals surface area contributed by atoms with Gasteiger partial charge in [0.15, 0.2) is 0 Å². The summed E-state index contributed by atoms with van der Waals surface area (Å²) in [4.78, 5) is 16.1. The van der Waals surface area contributed by atoms with Crippen LogP contribution in [0, 0.1) is 0 Å². The van der Waals surface area contributed by atoms with E-state index < -0.39 is 5.97 Å². The van der Waals surface area contributed by atoms with Crippen LogP contribution in [0.5, 0.6) is 5.75 Å². The Morgan fingerprint density at radius 2 is 1.58 bits per heavy atom. The third kappa shape index (κ3) is 5.73. The number of benzene rings is 3. The summed E-state index contributed by atoms with van der Waals surface area (Å²) in [5.41, 5.74) is 6.80. The molecule has 1 fully saturated rings. The molecule has 1 N–H and O–H groups in total. The number of carboxylic acid groups (broad SMARTS) is 1. The molecule has 1 saturated heterocycles. The molecule has 1 atom stereocenters. The molecule has 38 heavy (non-hydrogen) atoms. The summed E-state index contributed by atoms with van der Waals surface area (Å²) in [6, 6.07) is 26.1. The first kappa shape index (κ1) is 26.3. The number of carbonyl (C=O) groups is 1. The number of ether oxygens (including phenoxy) is 1. The fraction of sp³-hybridized carbons (Fsp3) is 0.424. The van der Waals surface area contributed by atoms with E-state index in [2.05, 4.69) is 72.2 Å². The maximum absolute atomic E-state index is 10.9. The number of rotatable bonds is 9. The molecule has 0 amide bonds. The molecule has 2 aliphatic heterocycles. The summed E-state index contributed by atoms with van der Waals surface area (Å²) in [5.74, 6) is 0.0124. The third-order valence-corrected chi connectivity index (χ3v) is 8.46. The van der Waals surface area contributed by atoms with Gasteiger partial charge in [0.25, 0.3) is 0 Å². The van der Waals surface area contributed by atoms with Crippen LogP contribution >= 0.6 is 0 Å². The molecule has 200 valence electrons. The molecule has 5 rings (SSSR count). The van der Waals surface area contributed by atoms with Gasteiger partial charge in [-0.3, -0.25) is 9.69 Å². The first-order chi connectivity index (χ1) is 18.3. The lowest BCUT2D eigenvalue weighted by molar-refractivity contribution is -0.137. The molecule has 1 unspecified atom stereocenters. The first-order valence-corrected chi connectivity index (χ1v) is 13.9. The smallest absolute Gasteiger partial charge is 0.303 e. The van der Waals surface area contributed by atoms with E-state index in [4.69, 9.17) is 9.84 Å². The number of fused-ring (bicyclic) bond motifs is 2. The average molecular weight is 513 g/mol. The maximum atomic E-state index is 10.9. The van der Waals surface area contributed by atoms with E-state index in [-0.39, 0.29) is 12.3 Å². The minimum atomic E-state index is -0.775. The Balaban J connectivity index is 1.12. The molecular formula is C33H40N2O3. The van der Waals surface area contributed by atoms with E-state index in [1.807, 2.05) is 31.2 Å². The number of carboxylic acids is 1. The number of likely N-dealkylation sites (tertiary alicyclic amines) is 1. The zero-order valence-corrected chi connectivity index (χ0v) is 22.9. The van der Waals surface area contributed by atoms with Crippen molar-refractivity contribution >= 4 is 11.7 Å². The van der Waals surface area contributed by atoms with Crippen molar-refractivity contribution in [3.05, 3.63) is 95.1 Å². The Bertz CT molecular complexity index is 1230. The Labute approximate surface area is 227 Å². The molecule has 0 aromatic heterocycles. The Morgan fingerprint density at radius 1 is 0.921 bits per heavy atom. The molecule has 2 aliphatic rings. The highest BCUT2D eigenvalue weighted by molar-refractivity contribution is 5.68. The van der Waals surface area contributed by atoms with Crippen LogP contribution in [0.3, 0.4) is 0 Å². The lowest BCUT2D eigenvalue weighted by Crippen LogP contribution is -2.45. The molecule has 0 radical (unpaired) electrons. The lowest BCUT2D eigenvalue weighted by atomic mass is 9.74. The zero-order valence-electron chi connectivity index (χ0n) is 22.9. The molecule has 5 nitrogen and oxygen atoms in total. The molecule has 0 aliphatic carbocycles. The summed E-state index contributed by atoms with van der Waals surface area (Å²) in [7, 11) is 0. The summed E-state index contributed by atoms with van der Waals surface area (Å²) < 4.78 is 5.97. The van der Waals surface area contributed by atoms with E-state index in [0.717, 1.165) is 43.1 Å². The van der Waals surface area contributed by atoms with Gasteiger partial charge in [-0.15, -0.1) is 0 Å². The number of piperidine rings is 1. The highest BCUT2D eigenvalue weighted by Crippen LogP contribution is 2.47. The van der Waals surface area contributed by atoms with Gasteiger partial charge < -0.3 is 14.7 Å². The number of nitrogens with zero attached hydrogens (tertiary/aromatic N) is 2. The minimum absolute atomic E-state index is 0.0109. The standard InChI is InChI=1S/C33H40N2O3/c1-24(2)35-23-33(30-6-4-5-7-31(30)35)16-18-34(19-17-33)21-26-8-10-27(11-9-26)22-38-29-14-12-28(13-15-29)25(3)20-32(36)37/h4-15,24-25H,16-23H2,1-3H3,(H,36,37). The average Bonchev–Trinajstić information content (AvgIpc) is 3.24. The van der Waals surface area contributed by atoms with Crippen LogP contribution in [0.1, 0.15) is 68.2 Å². The molecule has 0 bridgehead atoms. The highest BCUT2D eigenvalue weighted by Gasteiger charge is 2.44. The highest BCUT2D eigenvalue weighted by atomic mass is 16.5. The quantitative estimate of drug-likeness (QED) is 0.350. The molecule has 3 aromatic carbocycles. The number of anilines is 1. The topological polar surface area (TPSA) is 53.0 Å². The van der Waals surface area contributed by atoms with E-state index >= 15 is 0 Å². The molecule has 0 saturated carbocycles. The zero-order chi connectivity index (χ0) is 26.7. The van der Waals surface area contributed by atoms with Gasteiger partial charge in [-0.05, 0) is 86.1 Å². The summed E-state index contributed by atoms with van der Waals surface area (Å²) in [6.07, 6.45) is 2.57. The van der Waals surface area contributed by atoms with E-state index in [1.54, 1.807) is 5.56 Å². The van der Waals surface area contributed by atoms with Gasteiger partial charge in [0.05, 0.1) is 6.42 Å². The monoisotopic (exact) mass is 512 g/mol. The predicted molar refractivity (Wildman–Crippen MR) is 153 cm³/mol. The second-order valence-corrected chi connectivity index (χ2v) is 11.5. The van der Waals surface area contributed by atoms with Crippen LogP contribution < -0.4 is 9.64 Å². The fourth-order valence-corrected chi connectivity index (χ4v) is 6.13. The minimum Gasteiger partial charge on any atom is -0.489 e. The van der Waals surface area contributed by atoms with Gasteiger partial charge in [0.1, 0.15) is 12.4 Å². The van der Waals surface area contributed by atoms with Gasteiger partial charge >= 0.3 is 5.97 Å². The largest absolute Gasteiger partial charge is 0.489 e. The molecular weight excluding hydrogens is 472 g/mol. The van der Waals surface area contributed by atoms with E-state index in [1.165, 1.54) is 24.1 Å². The van der Waals surface area contributed by atoms with Crippen molar-refractivity contribution in [2.75, 3.05) is 24.5 Å². The third-order valence-electron chi connectivity index (χ3n) is 8.46. The SMILES string of the molecule is CC(CC(=O)O)c1ccc(OCc2ccc(CN3CCC4(CC3)CN(C(C)C)c3ccccc34)cc2)cc1. The number of aliphatic carboxylic acids is 1. The summed E-state index contributed by atoms with van der Waals surface area (Å²) in [6.45, 7) is 11.5.